The van der Waals surface area contributed by atoms with Crippen LogP contribution in [0.3, 0.4) is 0 Å². The van der Waals surface area contributed by atoms with Crippen LogP contribution < -0.4 is 10.1 Å². The second-order valence-corrected chi connectivity index (χ2v) is 5.44. The van der Waals surface area contributed by atoms with Gasteiger partial charge in [0.05, 0.1) is 12.5 Å². The van der Waals surface area contributed by atoms with Gasteiger partial charge in [-0.2, -0.15) is 0 Å². The average Bonchev–Trinajstić information content (AvgIpc) is 2.53. The van der Waals surface area contributed by atoms with Crippen LogP contribution in [-0.4, -0.2) is 43.6 Å². The van der Waals surface area contributed by atoms with Gasteiger partial charge in [-0.3, -0.25) is 4.79 Å². The number of likely N-dealkylation sites (N-methyl/N-ethyl adjacent to an activating group) is 1. The number of hydrogen-bond donors (Lipinski definition) is 1. The standard InChI is InChI=1S/C16H24N2O2.ClH/c1-13(12-20-15-8-4-3-5-9-15)16(19)18-10-6-7-14(11-18)17-2;/h3-5,8-9,13-14,17H,6-7,10-12H2,1-2H3;1H. The SMILES string of the molecule is CNC1CCCN(C(=O)C(C)COc2ccccc2)C1.Cl. The third kappa shape index (κ3) is 5.21. The Bertz CT molecular complexity index is 428. The van der Waals surface area contributed by atoms with Gasteiger partial charge >= 0.3 is 0 Å². The number of carbonyl (C=O) groups is 1. The van der Waals surface area contributed by atoms with Crippen molar-refractivity contribution in [3.63, 3.8) is 0 Å². The predicted octanol–water partition coefficient (Wildman–Crippen LogP) is 2.33. The number of carbonyl (C=O) groups excluding carboxylic acids is 1. The van der Waals surface area contributed by atoms with E-state index in [0.717, 1.165) is 31.7 Å². The maximum absolute atomic E-state index is 12.4. The summed E-state index contributed by atoms with van der Waals surface area (Å²) >= 11 is 0. The first-order chi connectivity index (χ1) is 9.70. The summed E-state index contributed by atoms with van der Waals surface area (Å²) in [5, 5.41) is 3.26. The fourth-order valence-corrected chi connectivity index (χ4v) is 2.53. The summed E-state index contributed by atoms with van der Waals surface area (Å²) in [6.07, 6.45) is 2.22. The highest BCUT2D eigenvalue weighted by atomic mass is 35.5. The molecule has 1 aliphatic rings. The third-order valence-corrected chi connectivity index (χ3v) is 3.81. The zero-order valence-electron chi connectivity index (χ0n) is 12.7. The largest absolute Gasteiger partial charge is 0.493 e. The van der Waals surface area contributed by atoms with Crippen LogP contribution in [0.5, 0.6) is 5.75 Å². The zero-order valence-corrected chi connectivity index (χ0v) is 13.6. The Labute approximate surface area is 133 Å². The molecule has 1 heterocycles. The van der Waals surface area contributed by atoms with E-state index in [0.29, 0.717) is 12.6 Å². The summed E-state index contributed by atoms with van der Waals surface area (Å²) in [4.78, 5) is 14.4. The molecule has 0 aromatic heterocycles. The molecule has 0 spiro atoms. The number of likely N-dealkylation sites (tertiary alicyclic amines) is 1. The molecule has 0 saturated carbocycles. The molecule has 2 unspecified atom stereocenters. The second-order valence-electron chi connectivity index (χ2n) is 5.44. The third-order valence-electron chi connectivity index (χ3n) is 3.81. The minimum atomic E-state index is -0.106. The number of para-hydroxylation sites is 1. The average molecular weight is 313 g/mol. The summed E-state index contributed by atoms with van der Waals surface area (Å²) < 4.78 is 5.67. The number of piperidine rings is 1. The van der Waals surface area contributed by atoms with Crippen LogP contribution in [0.2, 0.25) is 0 Å². The molecule has 1 aromatic carbocycles. The number of nitrogens with one attached hydrogen (secondary N) is 1. The first kappa shape index (κ1) is 17.8. The molecule has 21 heavy (non-hydrogen) atoms. The van der Waals surface area contributed by atoms with Gasteiger partial charge in [-0.15, -0.1) is 12.4 Å². The van der Waals surface area contributed by atoms with E-state index >= 15 is 0 Å². The van der Waals surface area contributed by atoms with Gasteiger partial charge in [0.15, 0.2) is 0 Å². The van der Waals surface area contributed by atoms with E-state index < -0.39 is 0 Å². The van der Waals surface area contributed by atoms with Crippen LogP contribution in [0.4, 0.5) is 0 Å². The van der Waals surface area contributed by atoms with Crippen molar-refractivity contribution < 1.29 is 9.53 Å². The van der Waals surface area contributed by atoms with Crippen molar-refractivity contribution in [2.24, 2.45) is 5.92 Å². The smallest absolute Gasteiger partial charge is 0.228 e. The maximum Gasteiger partial charge on any atom is 0.228 e. The van der Waals surface area contributed by atoms with E-state index in [1.807, 2.05) is 49.2 Å². The Morgan fingerprint density at radius 1 is 1.43 bits per heavy atom. The molecule has 1 aromatic rings. The van der Waals surface area contributed by atoms with E-state index in [9.17, 15) is 4.79 Å². The molecule has 0 bridgehead atoms. The molecule has 1 aliphatic heterocycles. The van der Waals surface area contributed by atoms with Crippen molar-refractivity contribution >= 4 is 18.3 Å². The van der Waals surface area contributed by atoms with E-state index in [4.69, 9.17) is 4.74 Å². The van der Waals surface area contributed by atoms with E-state index in [1.54, 1.807) is 0 Å². The fraction of sp³-hybridized carbons (Fsp3) is 0.562. The molecule has 1 fully saturated rings. The maximum atomic E-state index is 12.4. The molecular formula is C16H25ClN2O2. The van der Waals surface area contributed by atoms with Crippen molar-refractivity contribution in [2.75, 3.05) is 26.7 Å². The lowest BCUT2D eigenvalue weighted by molar-refractivity contribution is -0.137. The monoisotopic (exact) mass is 312 g/mol. The van der Waals surface area contributed by atoms with E-state index in [1.165, 1.54) is 0 Å². The molecule has 2 atom stereocenters. The molecule has 0 aliphatic carbocycles. The van der Waals surface area contributed by atoms with Crippen LogP contribution >= 0.6 is 12.4 Å². The Hall–Kier alpha value is -1.26. The van der Waals surface area contributed by atoms with Crippen LogP contribution in [0.1, 0.15) is 19.8 Å². The van der Waals surface area contributed by atoms with Gasteiger partial charge in [-0.05, 0) is 32.0 Å². The summed E-state index contributed by atoms with van der Waals surface area (Å²) in [6.45, 7) is 4.05. The Morgan fingerprint density at radius 3 is 2.81 bits per heavy atom. The number of amides is 1. The minimum Gasteiger partial charge on any atom is -0.493 e. The van der Waals surface area contributed by atoms with E-state index in [2.05, 4.69) is 5.32 Å². The van der Waals surface area contributed by atoms with Crippen LogP contribution in [0.15, 0.2) is 30.3 Å². The van der Waals surface area contributed by atoms with Gasteiger partial charge in [-0.25, -0.2) is 0 Å². The topological polar surface area (TPSA) is 41.6 Å². The molecule has 5 heteroatoms. The Kier molecular flexibility index (Phi) is 7.54. The lowest BCUT2D eigenvalue weighted by Crippen LogP contribution is -2.49. The first-order valence-electron chi connectivity index (χ1n) is 7.34. The van der Waals surface area contributed by atoms with Crippen LogP contribution in [0.25, 0.3) is 0 Å². The Balaban J connectivity index is 0.00000220. The molecule has 0 radical (unpaired) electrons. The lowest BCUT2D eigenvalue weighted by atomic mass is 10.0. The number of hydrogen-bond acceptors (Lipinski definition) is 3. The van der Waals surface area contributed by atoms with Crippen molar-refractivity contribution in [3.05, 3.63) is 30.3 Å². The van der Waals surface area contributed by atoms with Gasteiger partial charge in [0.1, 0.15) is 5.75 Å². The lowest BCUT2D eigenvalue weighted by Gasteiger charge is -2.34. The molecule has 118 valence electrons. The van der Waals surface area contributed by atoms with Crippen molar-refractivity contribution in [3.8, 4) is 5.75 Å². The highest BCUT2D eigenvalue weighted by Crippen LogP contribution is 2.15. The van der Waals surface area contributed by atoms with Crippen LogP contribution in [-0.2, 0) is 4.79 Å². The molecule has 2 rings (SSSR count). The number of benzene rings is 1. The fourth-order valence-electron chi connectivity index (χ4n) is 2.53. The number of nitrogens with zero attached hydrogens (tertiary/aromatic N) is 1. The molecule has 1 N–H and O–H groups in total. The van der Waals surface area contributed by atoms with Crippen molar-refractivity contribution in [1.82, 2.24) is 10.2 Å². The summed E-state index contributed by atoms with van der Waals surface area (Å²) in [5.41, 5.74) is 0. The number of halogens is 1. The zero-order chi connectivity index (χ0) is 14.4. The normalized spacial score (nSPS) is 19.5. The van der Waals surface area contributed by atoms with Gasteiger partial charge in [0.25, 0.3) is 0 Å². The van der Waals surface area contributed by atoms with Gasteiger partial charge < -0.3 is 15.0 Å². The molecule has 1 saturated heterocycles. The second kappa shape index (κ2) is 8.90. The molecular weight excluding hydrogens is 288 g/mol. The molecule has 4 nitrogen and oxygen atoms in total. The van der Waals surface area contributed by atoms with Crippen molar-refractivity contribution in [2.45, 2.75) is 25.8 Å². The first-order valence-corrected chi connectivity index (χ1v) is 7.34. The van der Waals surface area contributed by atoms with Crippen molar-refractivity contribution in [1.29, 1.82) is 0 Å². The van der Waals surface area contributed by atoms with Gasteiger partial charge in [-0.1, -0.05) is 25.1 Å². The summed E-state index contributed by atoms with van der Waals surface area (Å²) in [7, 11) is 1.96. The van der Waals surface area contributed by atoms with Crippen LogP contribution in [0, 0.1) is 5.92 Å². The number of ether oxygens (including phenoxy) is 1. The summed E-state index contributed by atoms with van der Waals surface area (Å²) in [5.74, 6) is 0.908. The number of rotatable bonds is 5. The highest BCUT2D eigenvalue weighted by Gasteiger charge is 2.26. The quantitative estimate of drug-likeness (QED) is 0.907. The predicted molar refractivity (Wildman–Crippen MR) is 87.0 cm³/mol. The minimum absolute atomic E-state index is 0. The van der Waals surface area contributed by atoms with Gasteiger partial charge in [0, 0.05) is 19.1 Å². The summed E-state index contributed by atoms with van der Waals surface area (Å²) in [6, 6.07) is 10.1. The Morgan fingerprint density at radius 2 is 2.14 bits per heavy atom. The van der Waals surface area contributed by atoms with E-state index in [-0.39, 0.29) is 24.2 Å². The van der Waals surface area contributed by atoms with Gasteiger partial charge in [0.2, 0.25) is 5.91 Å². The molecule has 1 amide bonds. The highest BCUT2D eigenvalue weighted by molar-refractivity contribution is 5.85.